The molecule has 0 saturated heterocycles. The molecule has 0 heteroatoms. The summed E-state index contributed by atoms with van der Waals surface area (Å²) >= 11 is 0. The second-order valence-corrected chi connectivity index (χ2v) is 3.69. The van der Waals surface area contributed by atoms with Crippen molar-refractivity contribution in [1.29, 1.82) is 0 Å². The molecule has 1 fully saturated rings. The Hall–Kier alpha value is -0.520. The van der Waals surface area contributed by atoms with Crippen LogP contribution in [0.3, 0.4) is 0 Å². The van der Waals surface area contributed by atoms with Gasteiger partial charge in [0, 0.05) is 0 Å². The van der Waals surface area contributed by atoms with Crippen LogP contribution in [0.1, 0.15) is 44.9 Å². The number of hydrogen-bond acceptors (Lipinski definition) is 0. The zero-order valence-corrected chi connectivity index (χ0v) is 7.10. The van der Waals surface area contributed by atoms with E-state index in [2.05, 4.69) is 12.2 Å². The monoisotopic (exact) mass is 148 g/mol. The molecule has 0 atom stereocenters. The molecule has 0 amide bonds. The lowest BCUT2D eigenvalue weighted by atomic mass is 10.1. The zero-order chi connectivity index (χ0) is 7.52. The van der Waals surface area contributed by atoms with Gasteiger partial charge in [-0.3, -0.25) is 0 Å². The van der Waals surface area contributed by atoms with E-state index in [-0.39, 0.29) is 0 Å². The van der Waals surface area contributed by atoms with E-state index in [9.17, 15) is 0 Å². The standard InChI is InChI=1S/C11H16/c1-2-4-6-11-8-7-10(9-11)5-3-1/h5-6H,1-4,7-9H2/b10-5-,11-6-. The van der Waals surface area contributed by atoms with E-state index in [4.69, 9.17) is 0 Å². The molecule has 0 aromatic heterocycles. The van der Waals surface area contributed by atoms with Gasteiger partial charge in [-0.2, -0.15) is 0 Å². The van der Waals surface area contributed by atoms with Gasteiger partial charge in [0.05, 0.1) is 0 Å². The Morgan fingerprint density at radius 1 is 0.818 bits per heavy atom. The topological polar surface area (TPSA) is 0 Å². The van der Waals surface area contributed by atoms with Gasteiger partial charge in [-0.15, -0.1) is 0 Å². The third kappa shape index (κ3) is 1.74. The summed E-state index contributed by atoms with van der Waals surface area (Å²) in [6, 6.07) is 0. The normalized spacial score (nSPS) is 34.2. The van der Waals surface area contributed by atoms with Crippen LogP contribution in [-0.2, 0) is 0 Å². The van der Waals surface area contributed by atoms with Crippen LogP contribution in [0, 0.1) is 0 Å². The van der Waals surface area contributed by atoms with E-state index in [1.807, 2.05) is 0 Å². The first-order chi connectivity index (χ1) is 5.45. The molecular formula is C11H16. The highest BCUT2D eigenvalue weighted by molar-refractivity contribution is 5.23. The first-order valence-electron chi connectivity index (χ1n) is 4.81. The molecule has 2 rings (SSSR count). The second-order valence-electron chi connectivity index (χ2n) is 3.69. The highest BCUT2D eigenvalue weighted by atomic mass is 14.2. The summed E-state index contributed by atoms with van der Waals surface area (Å²) < 4.78 is 0. The van der Waals surface area contributed by atoms with E-state index in [0.29, 0.717) is 0 Å². The molecule has 0 radical (unpaired) electrons. The molecule has 0 unspecified atom stereocenters. The molecule has 1 saturated carbocycles. The second kappa shape index (κ2) is 3.25. The van der Waals surface area contributed by atoms with E-state index >= 15 is 0 Å². The molecule has 0 N–H and O–H groups in total. The Balaban J connectivity index is 2.12. The predicted molar refractivity (Wildman–Crippen MR) is 48.5 cm³/mol. The summed E-state index contributed by atoms with van der Waals surface area (Å²) in [6.45, 7) is 0. The summed E-state index contributed by atoms with van der Waals surface area (Å²) in [5.74, 6) is 0. The number of rotatable bonds is 0. The minimum absolute atomic E-state index is 1.31. The van der Waals surface area contributed by atoms with E-state index < -0.39 is 0 Å². The first-order valence-corrected chi connectivity index (χ1v) is 4.81. The maximum Gasteiger partial charge on any atom is -0.0108 e. The summed E-state index contributed by atoms with van der Waals surface area (Å²) in [5, 5.41) is 0. The minimum atomic E-state index is 1.31. The van der Waals surface area contributed by atoms with Crippen LogP contribution in [0.5, 0.6) is 0 Å². The summed E-state index contributed by atoms with van der Waals surface area (Å²) in [5.41, 5.74) is 3.41. The molecule has 0 spiro atoms. The van der Waals surface area contributed by atoms with Crippen LogP contribution < -0.4 is 0 Å². The summed E-state index contributed by atoms with van der Waals surface area (Å²) in [7, 11) is 0. The van der Waals surface area contributed by atoms with Crippen LogP contribution in [0.25, 0.3) is 0 Å². The maximum absolute atomic E-state index is 2.48. The third-order valence-corrected chi connectivity index (χ3v) is 2.75. The predicted octanol–water partition coefficient (Wildman–Crippen LogP) is 3.60. The van der Waals surface area contributed by atoms with Crippen molar-refractivity contribution in [2.24, 2.45) is 0 Å². The fourth-order valence-corrected chi connectivity index (χ4v) is 2.04. The van der Waals surface area contributed by atoms with Crippen LogP contribution in [0.2, 0.25) is 0 Å². The molecule has 0 heterocycles. The fraction of sp³-hybridized carbons (Fsp3) is 0.636. The van der Waals surface area contributed by atoms with Crippen molar-refractivity contribution < 1.29 is 0 Å². The Morgan fingerprint density at radius 2 is 1.36 bits per heavy atom. The zero-order valence-electron chi connectivity index (χ0n) is 7.10. The number of allylic oxidation sites excluding steroid dienone is 4. The molecule has 2 bridgehead atoms. The van der Waals surface area contributed by atoms with Crippen LogP contribution in [0.4, 0.5) is 0 Å². The van der Waals surface area contributed by atoms with E-state index in [0.717, 1.165) is 0 Å². The van der Waals surface area contributed by atoms with Crippen LogP contribution >= 0.6 is 0 Å². The lowest BCUT2D eigenvalue weighted by Crippen LogP contribution is -1.75. The van der Waals surface area contributed by atoms with Gasteiger partial charge in [0.25, 0.3) is 0 Å². The highest BCUT2D eigenvalue weighted by Crippen LogP contribution is 2.31. The van der Waals surface area contributed by atoms with Crippen molar-refractivity contribution in [3.8, 4) is 0 Å². The van der Waals surface area contributed by atoms with Gasteiger partial charge in [0.15, 0.2) is 0 Å². The molecule has 60 valence electrons. The molecule has 0 nitrogen and oxygen atoms in total. The van der Waals surface area contributed by atoms with Gasteiger partial charge in [-0.1, -0.05) is 23.3 Å². The molecule has 11 heavy (non-hydrogen) atoms. The van der Waals surface area contributed by atoms with Crippen molar-refractivity contribution in [2.45, 2.75) is 44.9 Å². The average molecular weight is 148 g/mol. The molecule has 2 aliphatic rings. The van der Waals surface area contributed by atoms with Gasteiger partial charge >= 0.3 is 0 Å². The Labute approximate surface area is 69.0 Å². The van der Waals surface area contributed by atoms with E-state index in [1.54, 1.807) is 11.1 Å². The smallest absolute Gasteiger partial charge is 0.0108 e. The SMILES string of the molecule is C1=C2/CC/C(=C/CCCC/1)C2. The molecular weight excluding hydrogens is 132 g/mol. The van der Waals surface area contributed by atoms with Crippen LogP contribution in [-0.4, -0.2) is 0 Å². The highest BCUT2D eigenvalue weighted by Gasteiger charge is 2.11. The van der Waals surface area contributed by atoms with Crippen molar-refractivity contribution in [3.63, 3.8) is 0 Å². The number of fused-ring (bicyclic) bond motifs is 2. The molecule has 0 aromatic carbocycles. The van der Waals surface area contributed by atoms with Gasteiger partial charge in [0.2, 0.25) is 0 Å². The molecule has 2 aliphatic carbocycles. The van der Waals surface area contributed by atoms with Crippen molar-refractivity contribution in [3.05, 3.63) is 23.3 Å². The maximum atomic E-state index is 2.48. The van der Waals surface area contributed by atoms with Crippen molar-refractivity contribution in [1.82, 2.24) is 0 Å². The Bertz CT molecular complexity index is 174. The largest absolute Gasteiger partial charge is 0.0850 e. The van der Waals surface area contributed by atoms with Crippen molar-refractivity contribution in [2.75, 3.05) is 0 Å². The Kier molecular flexibility index (Phi) is 2.11. The van der Waals surface area contributed by atoms with Gasteiger partial charge in [-0.05, 0) is 44.9 Å². The van der Waals surface area contributed by atoms with Gasteiger partial charge in [0.1, 0.15) is 0 Å². The van der Waals surface area contributed by atoms with Crippen LogP contribution in [0.15, 0.2) is 23.3 Å². The van der Waals surface area contributed by atoms with Gasteiger partial charge in [-0.25, -0.2) is 0 Å². The van der Waals surface area contributed by atoms with E-state index in [1.165, 1.54) is 44.9 Å². The third-order valence-electron chi connectivity index (χ3n) is 2.75. The van der Waals surface area contributed by atoms with Gasteiger partial charge < -0.3 is 0 Å². The quantitative estimate of drug-likeness (QED) is 0.460. The Morgan fingerprint density at radius 3 is 1.91 bits per heavy atom. The number of hydrogen-bond donors (Lipinski definition) is 0. The molecule has 0 aliphatic heterocycles. The fourth-order valence-electron chi connectivity index (χ4n) is 2.04. The summed E-state index contributed by atoms with van der Waals surface area (Å²) in [6.07, 6.45) is 14.4. The summed E-state index contributed by atoms with van der Waals surface area (Å²) in [4.78, 5) is 0. The first kappa shape index (κ1) is 7.15. The lowest BCUT2D eigenvalue weighted by molar-refractivity contribution is 0.754. The average Bonchev–Trinajstić information content (AvgIpc) is 2.49. The minimum Gasteiger partial charge on any atom is -0.0850 e. The van der Waals surface area contributed by atoms with Crippen molar-refractivity contribution >= 4 is 0 Å². The molecule has 0 aromatic rings. The lowest BCUT2D eigenvalue weighted by Gasteiger charge is -1.95.